The predicted molar refractivity (Wildman–Crippen MR) is 137 cm³/mol. The van der Waals surface area contributed by atoms with Crippen molar-refractivity contribution in [3.8, 4) is 11.4 Å². The number of benzene rings is 2. The highest BCUT2D eigenvalue weighted by Gasteiger charge is 2.29. The van der Waals surface area contributed by atoms with E-state index in [-0.39, 0.29) is 11.8 Å². The second-order valence-electron chi connectivity index (χ2n) is 9.54. The lowest BCUT2D eigenvalue weighted by Crippen LogP contribution is -2.50. The molecule has 2 amide bonds. The highest BCUT2D eigenvalue weighted by Crippen LogP contribution is 2.28. The minimum absolute atomic E-state index is 0.0154. The number of anilines is 1. The van der Waals surface area contributed by atoms with E-state index in [1.165, 1.54) is 6.42 Å². The summed E-state index contributed by atoms with van der Waals surface area (Å²) in [6, 6.07) is 18.0. The number of carbonyl (C=O) groups is 2. The first-order valence-corrected chi connectivity index (χ1v) is 12.6. The molecular formula is C28H33N5O2. The van der Waals surface area contributed by atoms with E-state index >= 15 is 0 Å². The summed E-state index contributed by atoms with van der Waals surface area (Å²) in [5.74, 6) is 0.888. The maximum Gasteiger partial charge on any atom is 0.274 e. The maximum absolute atomic E-state index is 13.6. The van der Waals surface area contributed by atoms with E-state index in [9.17, 15) is 9.59 Å². The summed E-state index contributed by atoms with van der Waals surface area (Å²) in [5.41, 5.74) is 4.71. The molecule has 3 heterocycles. The molecule has 0 unspecified atom stereocenters. The zero-order valence-electron chi connectivity index (χ0n) is 20.4. The van der Waals surface area contributed by atoms with Crippen molar-refractivity contribution in [2.24, 2.45) is 0 Å². The van der Waals surface area contributed by atoms with Crippen LogP contribution in [0.3, 0.4) is 0 Å². The number of amides is 2. The number of aromatic nitrogens is 2. The smallest absolute Gasteiger partial charge is 0.274 e. The van der Waals surface area contributed by atoms with Gasteiger partial charge >= 0.3 is 0 Å². The highest BCUT2D eigenvalue weighted by atomic mass is 16.2. The predicted octanol–water partition coefficient (Wildman–Crippen LogP) is 3.98. The lowest BCUT2D eigenvalue weighted by molar-refractivity contribution is -0.117. The molecule has 7 nitrogen and oxygen atoms in total. The number of aryl methyl sites for hydroxylation is 1. The molecule has 1 N–H and O–H groups in total. The van der Waals surface area contributed by atoms with Crippen LogP contribution in [-0.2, 0) is 17.8 Å². The van der Waals surface area contributed by atoms with Gasteiger partial charge in [0.05, 0.1) is 12.2 Å². The zero-order valence-corrected chi connectivity index (χ0v) is 20.4. The summed E-state index contributed by atoms with van der Waals surface area (Å²) in [7, 11) is 0. The molecule has 1 fully saturated rings. The van der Waals surface area contributed by atoms with Gasteiger partial charge in [-0.1, -0.05) is 54.4 Å². The van der Waals surface area contributed by atoms with Gasteiger partial charge in [-0.15, -0.1) is 0 Å². The van der Waals surface area contributed by atoms with Gasteiger partial charge in [0.25, 0.3) is 5.91 Å². The molecule has 0 atom stereocenters. The number of piperazine rings is 1. The van der Waals surface area contributed by atoms with E-state index in [2.05, 4.69) is 26.9 Å². The molecule has 1 aromatic heterocycles. The summed E-state index contributed by atoms with van der Waals surface area (Å²) in [6.07, 6.45) is 4.26. The molecule has 2 aliphatic rings. The molecule has 7 heteroatoms. The Hall–Kier alpha value is -3.45. The SMILES string of the molecule is Cc1ccc(NC(=O)CN2CCN(C(=O)c3nc(-c4ccccc4)n4c3CCCCC4)CC2)cc1. The van der Waals surface area contributed by atoms with Gasteiger partial charge in [0.2, 0.25) is 5.91 Å². The second kappa shape index (κ2) is 10.4. The standard InChI is InChI=1S/C28H33N5O2/c1-21-11-13-23(14-12-21)29-25(34)20-31-16-18-32(19-17-31)28(35)26-24-10-6-3-7-15-33(24)27(30-26)22-8-4-2-5-9-22/h2,4-5,8-9,11-14H,3,6-7,10,15-20H2,1H3,(H,29,34). The summed E-state index contributed by atoms with van der Waals surface area (Å²) >= 11 is 0. The van der Waals surface area contributed by atoms with E-state index in [1.54, 1.807) is 0 Å². The van der Waals surface area contributed by atoms with Crippen molar-refractivity contribution in [2.75, 3.05) is 38.0 Å². The summed E-state index contributed by atoms with van der Waals surface area (Å²) in [6.45, 7) is 5.81. The lowest BCUT2D eigenvalue weighted by atomic mass is 10.1. The molecule has 5 rings (SSSR count). The Bertz CT molecular complexity index is 1180. The van der Waals surface area contributed by atoms with E-state index in [0.29, 0.717) is 38.4 Å². The van der Waals surface area contributed by atoms with Crippen LogP contribution in [0.2, 0.25) is 0 Å². The highest BCUT2D eigenvalue weighted by molar-refractivity contribution is 5.95. The zero-order chi connectivity index (χ0) is 24.2. The van der Waals surface area contributed by atoms with Gasteiger partial charge in [-0.2, -0.15) is 0 Å². The monoisotopic (exact) mass is 471 g/mol. The first-order valence-electron chi connectivity index (χ1n) is 12.6. The van der Waals surface area contributed by atoms with Crippen LogP contribution in [-0.4, -0.2) is 63.9 Å². The van der Waals surface area contributed by atoms with E-state index in [0.717, 1.165) is 54.1 Å². The third-order valence-corrected chi connectivity index (χ3v) is 6.96. The van der Waals surface area contributed by atoms with Crippen LogP contribution in [0.1, 0.15) is 41.0 Å². The van der Waals surface area contributed by atoms with E-state index in [1.807, 2.05) is 54.3 Å². The molecule has 182 valence electrons. The average molecular weight is 472 g/mol. The Morgan fingerprint density at radius 2 is 1.63 bits per heavy atom. The summed E-state index contributed by atoms with van der Waals surface area (Å²) < 4.78 is 2.27. The number of hydrogen-bond donors (Lipinski definition) is 1. The Labute approximate surface area is 206 Å². The van der Waals surface area contributed by atoms with Crippen LogP contribution >= 0.6 is 0 Å². The Morgan fingerprint density at radius 3 is 2.37 bits per heavy atom. The topological polar surface area (TPSA) is 70.5 Å². The first kappa shape index (κ1) is 23.3. The fourth-order valence-electron chi connectivity index (χ4n) is 5.00. The molecule has 2 aliphatic heterocycles. The number of rotatable bonds is 5. The average Bonchev–Trinajstić information content (AvgIpc) is 3.06. The molecule has 0 aliphatic carbocycles. The Kier molecular flexibility index (Phi) is 6.95. The van der Waals surface area contributed by atoms with Gasteiger partial charge in [-0.25, -0.2) is 4.98 Å². The third-order valence-electron chi connectivity index (χ3n) is 6.96. The van der Waals surface area contributed by atoms with Crippen molar-refractivity contribution >= 4 is 17.5 Å². The van der Waals surface area contributed by atoms with Crippen molar-refractivity contribution in [1.29, 1.82) is 0 Å². The number of nitrogens with zero attached hydrogens (tertiary/aromatic N) is 4. The molecule has 0 radical (unpaired) electrons. The van der Waals surface area contributed by atoms with Gasteiger partial charge in [-0.05, 0) is 38.3 Å². The van der Waals surface area contributed by atoms with Crippen LogP contribution in [0.4, 0.5) is 5.69 Å². The molecular weight excluding hydrogens is 438 g/mol. The maximum atomic E-state index is 13.6. The first-order chi connectivity index (χ1) is 17.1. The van der Waals surface area contributed by atoms with Crippen LogP contribution in [0.5, 0.6) is 0 Å². The fraction of sp³-hybridized carbons (Fsp3) is 0.393. The molecule has 35 heavy (non-hydrogen) atoms. The van der Waals surface area contributed by atoms with Gasteiger partial charge in [0.1, 0.15) is 11.5 Å². The number of imidazole rings is 1. The van der Waals surface area contributed by atoms with Crippen molar-refractivity contribution in [3.05, 3.63) is 71.5 Å². The van der Waals surface area contributed by atoms with Crippen molar-refractivity contribution in [1.82, 2.24) is 19.4 Å². The Morgan fingerprint density at radius 1 is 0.886 bits per heavy atom. The summed E-state index contributed by atoms with van der Waals surface area (Å²) in [4.78, 5) is 35.0. The number of fused-ring (bicyclic) bond motifs is 1. The molecule has 0 saturated carbocycles. The van der Waals surface area contributed by atoms with Gasteiger partial charge in [0, 0.05) is 44.0 Å². The van der Waals surface area contributed by atoms with Gasteiger partial charge in [-0.3, -0.25) is 14.5 Å². The number of hydrogen-bond acceptors (Lipinski definition) is 4. The normalized spacial score (nSPS) is 16.4. The van der Waals surface area contributed by atoms with Gasteiger partial charge in [0.15, 0.2) is 0 Å². The van der Waals surface area contributed by atoms with E-state index < -0.39 is 0 Å². The fourth-order valence-corrected chi connectivity index (χ4v) is 5.00. The van der Waals surface area contributed by atoms with Crippen molar-refractivity contribution < 1.29 is 9.59 Å². The van der Waals surface area contributed by atoms with E-state index in [4.69, 9.17) is 4.98 Å². The third kappa shape index (κ3) is 5.30. The minimum Gasteiger partial charge on any atom is -0.335 e. The number of nitrogens with one attached hydrogen (secondary N) is 1. The largest absolute Gasteiger partial charge is 0.335 e. The van der Waals surface area contributed by atoms with Crippen LogP contribution in [0, 0.1) is 6.92 Å². The number of carbonyl (C=O) groups excluding carboxylic acids is 2. The van der Waals surface area contributed by atoms with Crippen LogP contribution in [0.15, 0.2) is 54.6 Å². The molecule has 2 aromatic carbocycles. The quantitative estimate of drug-likeness (QED) is 0.611. The lowest BCUT2D eigenvalue weighted by Gasteiger charge is -2.34. The molecule has 1 saturated heterocycles. The van der Waals surface area contributed by atoms with Crippen LogP contribution in [0.25, 0.3) is 11.4 Å². The molecule has 0 spiro atoms. The van der Waals surface area contributed by atoms with Gasteiger partial charge < -0.3 is 14.8 Å². The molecule has 3 aromatic rings. The Balaban J connectivity index is 1.24. The second-order valence-corrected chi connectivity index (χ2v) is 9.54. The van der Waals surface area contributed by atoms with Crippen molar-refractivity contribution in [3.63, 3.8) is 0 Å². The minimum atomic E-state index is -0.0273. The van der Waals surface area contributed by atoms with Crippen LogP contribution < -0.4 is 5.32 Å². The van der Waals surface area contributed by atoms with Crippen molar-refractivity contribution in [2.45, 2.75) is 39.2 Å². The molecule has 0 bridgehead atoms. The summed E-state index contributed by atoms with van der Waals surface area (Å²) in [5, 5.41) is 2.96.